The average Bonchev–Trinajstić information content (AvgIpc) is 2.75. The molecule has 2 aliphatic rings. The molecule has 2 unspecified atom stereocenters. The van der Waals surface area contributed by atoms with E-state index in [2.05, 4.69) is 0 Å². The zero-order valence-corrected chi connectivity index (χ0v) is 11.9. The number of Topliss-reactive ketones (excluding diaryl/α,β-unsaturated/α-hetero) is 1. The molecule has 18 heavy (non-hydrogen) atoms. The summed E-state index contributed by atoms with van der Waals surface area (Å²) in [6.07, 6.45) is 5.12. The van der Waals surface area contributed by atoms with Crippen LogP contribution in [0.4, 0.5) is 0 Å². The van der Waals surface area contributed by atoms with Crippen molar-refractivity contribution in [3.63, 3.8) is 0 Å². The van der Waals surface area contributed by atoms with E-state index in [0.717, 1.165) is 32.1 Å². The molecule has 1 aliphatic heterocycles. The Bertz CT molecular complexity index is 419. The van der Waals surface area contributed by atoms with Crippen LogP contribution in [0.1, 0.15) is 38.5 Å². The topological polar surface area (TPSA) is 57.7 Å². The molecule has 0 aromatic rings. The van der Waals surface area contributed by atoms with Crippen LogP contribution in [0, 0.1) is 5.92 Å². The van der Waals surface area contributed by atoms with Gasteiger partial charge >= 0.3 is 0 Å². The van der Waals surface area contributed by atoms with Crippen LogP contribution in [0.25, 0.3) is 0 Å². The monoisotopic (exact) mass is 274 g/mol. The molecule has 0 radical (unpaired) electrons. The molecule has 0 N–H and O–H groups in total. The Morgan fingerprint density at radius 2 is 1.89 bits per heavy atom. The summed E-state index contributed by atoms with van der Waals surface area (Å²) in [7, 11) is -0.289. The summed E-state index contributed by atoms with van der Waals surface area (Å²) < 4.78 is 27.4. The normalized spacial score (nSPS) is 31.2. The first-order valence-corrected chi connectivity index (χ1v) is 8.06. The predicted molar refractivity (Wildman–Crippen MR) is 69.3 cm³/mol. The number of piperidine rings is 1. The Balaban J connectivity index is 2.24. The number of carbonyl (C=O) groups is 1. The fourth-order valence-electron chi connectivity index (χ4n) is 3.08. The van der Waals surface area contributed by atoms with Crippen molar-refractivity contribution < 1.29 is 13.2 Å². The molecular weight excluding hydrogens is 252 g/mol. The van der Waals surface area contributed by atoms with Crippen molar-refractivity contribution in [1.29, 1.82) is 0 Å². The van der Waals surface area contributed by atoms with Crippen molar-refractivity contribution >= 4 is 16.0 Å². The molecule has 0 aromatic heterocycles. The van der Waals surface area contributed by atoms with E-state index in [4.69, 9.17) is 0 Å². The quantitative estimate of drug-likeness (QED) is 0.772. The van der Waals surface area contributed by atoms with Crippen molar-refractivity contribution in [2.24, 2.45) is 5.92 Å². The van der Waals surface area contributed by atoms with Crippen LogP contribution in [0.15, 0.2) is 0 Å². The molecule has 6 heteroatoms. The molecule has 0 amide bonds. The second-order valence-corrected chi connectivity index (χ2v) is 7.52. The van der Waals surface area contributed by atoms with Gasteiger partial charge in [-0.15, -0.1) is 0 Å². The van der Waals surface area contributed by atoms with Gasteiger partial charge < -0.3 is 0 Å². The summed E-state index contributed by atoms with van der Waals surface area (Å²) in [5.74, 6) is 0.181. The number of hydrogen-bond acceptors (Lipinski definition) is 3. The van der Waals surface area contributed by atoms with Crippen LogP contribution in [-0.4, -0.2) is 49.5 Å². The zero-order chi connectivity index (χ0) is 13.3. The van der Waals surface area contributed by atoms with Crippen molar-refractivity contribution in [2.75, 3.05) is 20.6 Å². The van der Waals surface area contributed by atoms with Crippen LogP contribution in [0.2, 0.25) is 0 Å². The second kappa shape index (κ2) is 5.27. The van der Waals surface area contributed by atoms with Crippen LogP contribution in [-0.2, 0) is 15.0 Å². The lowest BCUT2D eigenvalue weighted by atomic mass is 9.90. The zero-order valence-electron chi connectivity index (χ0n) is 11.1. The summed E-state index contributed by atoms with van der Waals surface area (Å²) >= 11 is 0. The van der Waals surface area contributed by atoms with E-state index in [-0.39, 0.29) is 17.7 Å². The maximum absolute atomic E-state index is 12.3. The third-order valence-electron chi connectivity index (χ3n) is 4.07. The van der Waals surface area contributed by atoms with Gasteiger partial charge in [-0.25, -0.2) is 0 Å². The summed E-state index contributed by atoms with van der Waals surface area (Å²) in [6.45, 7) is 0.551. The van der Waals surface area contributed by atoms with Gasteiger partial charge in [0.05, 0.1) is 0 Å². The molecule has 1 aliphatic carbocycles. The average molecular weight is 274 g/mol. The molecular formula is C12H22N2O3S. The van der Waals surface area contributed by atoms with Gasteiger partial charge in [0, 0.05) is 39.0 Å². The van der Waals surface area contributed by atoms with E-state index in [1.165, 1.54) is 4.31 Å². The van der Waals surface area contributed by atoms with E-state index in [0.29, 0.717) is 13.0 Å². The smallest absolute Gasteiger partial charge is 0.281 e. The highest BCUT2D eigenvalue weighted by atomic mass is 32.2. The van der Waals surface area contributed by atoms with Crippen LogP contribution >= 0.6 is 0 Å². The Hall–Kier alpha value is -0.460. The molecule has 5 nitrogen and oxygen atoms in total. The Morgan fingerprint density at radius 1 is 1.17 bits per heavy atom. The van der Waals surface area contributed by atoms with Gasteiger partial charge in [-0.05, 0) is 25.7 Å². The minimum atomic E-state index is -3.40. The number of rotatable bonds is 3. The van der Waals surface area contributed by atoms with E-state index in [1.54, 1.807) is 18.4 Å². The molecule has 0 spiro atoms. The lowest BCUT2D eigenvalue weighted by molar-refractivity contribution is -0.122. The summed E-state index contributed by atoms with van der Waals surface area (Å²) in [4.78, 5) is 11.9. The summed E-state index contributed by atoms with van der Waals surface area (Å²) in [5.41, 5.74) is 0. The van der Waals surface area contributed by atoms with Crippen molar-refractivity contribution in [3.8, 4) is 0 Å². The van der Waals surface area contributed by atoms with Gasteiger partial charge in [0.1, 0.15) is 5.78 Å². The molecule has 1 saturated carbocycles. The largest absolute Gasteiger partial charge is 0.299 e. The minimum absolute atomic E-state index is 0.0694. The first kappa shape index (κ1) is 14.0. The standard InChI is InChI=1S/C12H22N2O3S/c1-13(2)18(16,17)14-9-4-3-7-11(14)10-6-5-8-12(10)15/h10-11H,3-9H2,1-2H3. The minimum Gasteiger partial charge on any atom is -0.299 e. The van der Waals surface area contributed by atoms with Gasteiger partial charge in [-0.3, -0.25) is 4.79 Å². The molecule has 0 bridgehead atoms. The lowest BCUT2D eigenvalue weighted by Crippen LogP contribution is -2.52. The first-order chi connectivity index (χ1) is 8.44. The SMILES string of the molecule is CN(C)S(=O)(=O)N1CCCCC1C1CCCC1=O. The Labute approximate surface area is 109 Å². The second-order valence-electron chi connectivity index (χ2n) is 5.43. The highest BCUT2D eigenvalue weighted by Crippen LogP contribution is 2.34. The predicted octanol–water partition coefficient (Wildman–Crippen LogP) is 1.02. The number of hydrogen-bond donors (Lipinski definition) is 0. The molecule has 1 heterocycles. The highest BCUT2D eigenvalue weighted by Gasteiger charge is 2.42. The number of carbonyl (C=O) groups excluding carboxylic acids is 1. The molecule has 2 atom stereocenters. The molecule has 2 fully saturated rings. The highest BCUT2D eigenvalue weighted by molar-refractivity contribution is 7.86. The van der Waals surface area contributed by atoms with Gasteiger partial charge in [0.25, 0.3) is 10.2 Å². The maximum atomic E-state index is 12.3. The van der Waals surface area contributed by atoms with E-state index >= 15 is 0 Å². The Kier molecular flexibility index (Phi) is 4.08. The number of ketones is 1. The van der Waals surface area contributed by atoms with Gasteiger partial charge in [-0.2, -0.15) is 17.0 Å². The molecule has 0 aromatic carbocycles. The lowest BCUT2D eigenvalue weighted by Gasteiger charge is -2.38. The fourth-order valence-corrected chi connectivity index (χ4v) is 4.45. The van der Waals surface area contributed by atoms with Gasteiger partial charge in [0.2, 0.25) is 0 Å². The third-order valence-corrected chi connectivity index (χ3v) is 6.04. The third kappa shape index (κ3) is 2.46. The van der Waals surface area contributed by atoms with Crippen LogP contribution in [0.5, 0.6) is 0 Å². The molecule has 1 saturated heterocycles. The van der Waals surface area contributed by atoms with Crippen molar-refractivity contribution in [3.05, 3.63) is 0 Å². The fraction of sp³-hybridized carbons (Fsp3) is 0.917. The van der Waals surface area contributed by atoms with Gasteiger partial charge in [-0.1, -0.05) is 6.42 Å². The first-order valence-electron chi connectivity index (χ1n) is 6.66. The van der Waals surface area contributed by atoms with Crippen molar-refractivity contribution in [1.82, 2.24) is 8.61 Å². The maximum Gasteiger partial charge on any atom is 0.281 e. The summed E-state index contributed by atoms with van der Waals surface area (Å²) in [6, 6.07) is -0.110. The Morgan fingerprint density at radius 3 is 2.44 bits per heavy atom. The van der Waals surface area contributed by atoms with Crippen molar-refractivity contribution in [2.45, 2.75) is 44.6 Å². The van der Waals surface area contributed by atoms with Gasteiger partial charge in [0.15, 0.2) is 0 Å². The van der Waals surface area contributed by atoms with E-state index in [9.17, 15) is 13.2 Å². The van der Waals surface area contributed by atoms with Crippen LogP contribution < -0.4 is 0 Å². The molecule has 2 rings (SSSR count). The summed E-state index contributed by atoms with van der Waals surface area (Å²) in [5, 5.41) is 0. The number of nitrogens with zero attached hydrogens (tertiary/aromatic N) is 2. The van der Waals surface area contributed by atoms with E-state index < -0.39 is 10.2 Å². The molecule has 104 valence electrons. The van der Waals surface area contributed by atoms with E-state index in [1.807, 2.05) is 0 Å². The van der Waals surface area contributed by atoms with Crippen LogP contribution in [0.3, 0.4) is 0 Å².